The lowest BCUT2D eigenvalue weighted by Crippen LogP contribution is -2.23. The molecule has 0 fully saturated rings. The smallest absolute Gasteiger partial charge is 0.119 e. The van der Waals surface area contributed by atoms with Crippen molar-refractivity contribution in [1.29, 1.82) is 0 Å². The summed E-state index contributed by atoms with van der Waals surface area (Å²) in [6, 6.07) is 8.04. The first-order valence-corrected chi connectivity index (χ1v) is 6.53. The Morgan fingerprint density at radius 2 is 1.83 bits per heavy atom. The highest BCUT2D eigenvalue weighted by molar-refractivity contribution is 5.46. The van der Waals surface area contributed by atoms with E-state index in [2.05, 4.69) is 10.6 Å². The summed E-state index contributed by atoms with van der Waals surface area (Å²) in [7, 11) is 1.73. The highest BCUT2D eigenvalue weighted by Crippen LogP contribution is 2.14. The summed E-state index contributed by atoms with van der Waals surface area (Å²) in [6.45, 7) is 6.38. The van der Waals surface area contributed by atoms with Gasteiger partial charge in [0.25, 0.3) is 0 Å². The molecule has 4 nitrogen and oxygen atoms in total. The second-order valence-electron chi connectivity index (χ2n) is 3.98. The summed E-state index contributed by atoms with van der Waals surface area (Å²) in [5, 5.41) is 6.71. The van der Waals surface area contributed by atoms with Crippen molar-refractivity contribution >= 4 is 5.69 Å². The lowest BCUT2D eigenvalue weighted by molar-refractivity contribution is 0.194. The fourth-order valence-corrected chi connectivity index (χ4v) is 1.60. The van der Waals surface area contributed by atoms with Gasteiger partial charge in [0.1, 0.15) is 5.75 Å². The Morgan fingerprint density at radius 3 is 2.50 bits per heavy atom. The number of hydrogen-bond donors (Lipinski definition) is 2. The maximum absolute atomic E-state index is 5.39. The molecular weight excluding hydrogens is 228 g/mol. The van der Waals surface area contributed by atoms with Gasteiger partial charge >= 0.3 is 0 Å². The summed E-state index contributed by atoms with van der Waals surface area (Å²) in [5.41, 5.74) is 1.12. The number of methoxy groups -OCH3 is 1. The first kappa shape index (κ1) is 14.8. The average Bonchev–Trinajstić information content (AvgIpc) is 2.40. The summed E-state index contributed by atoms with van der Waals surface area (Å²) in [4.78, 5) is 0. The van der Waals surface area contributed by atoms with E-state index >= 15 is 0 Å². The van der Waals surface area contributed by atoms with Gasteiger partial charge < -0.3 is 20.1 Å². The van der Waals surface area contributed by atoms with Gasteiger partial charge in [0, 0.05) is 32.5 Å². The zero-order valence-corrected chi connectivity index (χ0v) is 11.4. The quantitative estimate of drug-likeness (QED) is 0.626. The zero-order valence-electron chi connectivity index (χ0n) is 11.4. The van der Waals surface area contributed by atoms with Crippen molar-refractivity contribution < 1.29 is 9.47 Å². The van der Waals surface area contributed by atoms with E-state index < -0.39 is 0 Å². The van der Waals surface area contributed by atoms with Gasteiger partial charge in [-0.2, -0.15) is 0 Å². The maximum atomic E-state index is 5.39. The predicted molar refractivity (Wildman–Crippen MR) is 75.5 cm³/mol. The van der Waals surface area contributed by atoms with Gasteiger partial charge in [0.15, 0.2) is 0 Å². The first-order chi connectivity index (χ1) is 8.86. The van der Waals surface area contributed by atoms with E-state index in [4.69, 9.17) is 9.47 Å². The first-order valence-electron chi connectivity index (χ1n) is 6.53. The summed E-state index contributed by atoms with van der Waals surface area (Å²) in [5.74, 6) is 0.917. The van der Waals surface area contributed by atoms with Gasteiger partial charge in [-0.1, -0.05) is 0 Å². The van der Waals surface area contributed by atoms with Crippen LogP contribution in [0.1, 0.15) is 13.3 Å². The Labute approximate surface area is 110 Å². The average molecular weight is 252 g/mol. The Balaban J connectivity index is 2.08. The van der Waals surface area contributed by atoms with Crippen LogP contribution < -0.4 is 15.4 Å². The summed E-state index contributed by atoms with van der Waals surface area (Å²) < 4.78 is 10.4. The highest BCUT2D eigenvalue weighted by atomic mass is 16.5. The molecule has 4 heteroatoms. The number of ether oxygens (including phenoxy) is 2. The predicted octanol–water partition coefficient (Wildman–Crippen LogP) is 2.12. The molecule has 0 amide bonds. The molecule has 0 heterocycles. The van der Waals surface area contributed by atoms with Crippen LogP contribution >= 0.6 is 0 Å². The molecule has 18 heavy (non-hydrogen) atoms. The number of nitrogens with one attached hydrogen (secondary N) is 2. The molecule has 1 rings (SSSR count). The van der Waals surface area contributed by atoms with E-state index in [9.17, 15) is 0 Å². The molecule has 102 valence electrons. The molecule has 0 aliphatic carbocycles. The molecule has 2 N–H and O–H groups in total. The van der Waals surface area contributed by atoms with E-state index in [0.717, 1.165) is 44.1 Å². The molecule has 0 radical (unpaired) electrons. The third kappa shape index (κ3) is 6.47. The van der Waals surface area contributed by atoms with Crippen molar-refractivity contribution in [3.63, 3.8) is 0 Å². The molecule has 0 aliphatic heterocycles. The van der Waals surface area contributed by atoms with Gasteiger partial charge in [-0.15, -0.1) is 0 Å². The second kappa shape index (κ2) is 9.74. The second-order valence-corrected chi connectivity index (χ2v) is 3.98. The van der Waals surface area contributed by atoms with Crippen LogP contribution in [0.3, 0.4) is 0 Å². The van der Waals surface area contributed by atoms with Gasteiger partial charge in [0.05, 0.1) is 6.61 Å². The highest BCUT2D eigenvalue weighted by Gasteiger charge is 1.94. The molecule has 0 aliphatic rings. The zero-order chi connectivity index (χ0) is 13.1. The van der Waals surface area contributed by atoms with Crippen molar-refractivity contribution in [3.8, 4) is 5.75 Å². The van der Waals surface area contributed by atoms with Crippen LogP contribution in [0.2, 0.25) is 0 Å². The van der Waals surface area contributed by atoms with E-state index in [1.165, 1.54) is 0 Å². The van der Waals surface area contributed by atoms with Crippen LogP contribution in [0, 0.1) is 0 Å². The molecule has 0 spiro atoms. The monoisotopic (exact) mass is 252 g/mol. The van der Waals surface area contributed by atoms with Crippen LogP contribution in [-0.2, 0) is 4.74 Å². The molecule has 1 aromatic carbocycles. The molecule has 0 atom stereocenters. The van der Waals surface area contributed by atoms with Crippen molar-refractivity contribution in [2.75, 3.05) is 45.3 Å². The van der Waals surface area contributed by atoms with Crippen LogP contribution in [0.15, 0.2) is 24.3 Å². The Morgan fingerprint density at radius 1 is 1.06 bits per heavy atom. The van der Waals surface area contributed by atoms with E-state index in [-0.39, 0.29) is 0 Å². The maximum Gasteiger partial charge on any atom is 0.119 e. The number of anilines is 1. The lowest BCUT2D eigenvalue weighted by Gasteiger charge is -2.09. The minimum absolute atomic E-state index is 0.707. The number of benzene rings is 1. The molecule has 0 unspecified atom stereocenters. The molecule has 1 aromatic rings. The van der Waals surface area contributed by atoms with Crippen LogP contribution in [0.5, 0.6) is 5.75 Å². The fraction of sp³-hybridized carbons (Fsp3) is 0.571. The standard InChI is InChI=1S/C14H24N2O2/c1-3-18-14-7-5-13(6-8-14)16-11-10-15-9-4-12-17-2/h5-8,15-16H,3-4,9-12H2,1-2H3. The molecule has 0 saturated carbocycles. The van der Waals surface area contributed by atoms with Gasteiger partial charge in [-0.3, -0.25) is 0 Å². The Bertz CT molecular complexity index is 301. The fourth-order valence-electron chi connectivity index (χ4n) is 1.60. The minimum atomic E-state index is 0.707. The lowest BCUT2D eigenvalue weighted by atomic mass is 10.3. The normalized spacial score (nSPS) is 10.3. The molecule has 0 bridgehead atoms. The molecular formula is C14H24N2O2. The third-order valence-corrected chi connectivity index (χ3v) is 2.50. The Kier molecular flexibility index (Phi) is 8.01. The van der Waals surface area contributed by atoms with E-state index in [1.54, 1.807) is 7.11 Å². The Hall–Kier alpha value is -1.26. The van der Waals surface area contributed by atoms with Crippen molar-refractivity contribution in [3.05, 3.63) is 24.3 Å². The van der Waals surface area contributed by atoms with Gasteiger partial charge in [-0.25, -0.2) is 0 Å². The van der Waals surface area contributed by atoms with Crippen LogP contribution in [0.25, 0.3) is 0 Å². The van der Waals surface area contributed by atoms with Crippen molar-refractivity contribution in [1.82, 2.24) is 5.32 Å². The van der Waals surface area contributed by atoms with Gasteiger partial charge in [-0.05, 0) is 44.2 Å². The van der Waals surface area contributed by atoms with Gasteiger partial charge in [0.2, 0.25) is 0 Å². The third-order valence-electron chi connectivity index (χ3n) is 2.50. The van der Waals surface area contributed by atoms with Crippen molar-refractivity contribution in [2.24, 2.45) is 0 Å². The van der Waals surface area contributed by atoms with E-state index in [1.807, 2.05) is 31.2 Å². The number of rotatable bonds is 10. The number of hydrogen-bond acceptors (Lipinski definition) is 4. The molecule has 0 aromatic heterocycles. The topological polar surface area (TPSA) is 42.5 Å². The van der Waals surface area contributed by atoms with Crippen LogP contribution in [-0.4, -0.2) is 40.0 Å². The van der Waals surface area contributed by atoms with E-state index in [0.29, 0.717) is 6.61 Å². The largest absolute Gasteiger partial charge is 0.494 e. The molecule has 0 saturated heterocycles. The van der Waals surface area contributed by atoms with Crippen LogP contribution in [0.4, 0.5) is 5.69 Å². The minimum Gasteiger partial charge on any atom is -0.494 e. The summed E-state index contributed by atoms with van der Waals surface area (Å²) >= 11 is 0. The SMILES string of the molecule is CCOc1ccc(NCCNCCCOC)cc1. The van der Waals surface area contributed by atoms with Crippen molar-refractivity contribution in [2.45, 2.75) is 13.3 Å². The summed E-state index contributed by atoms with van der Waals surface area (Å²) in [6.07, 6.45) is 1.06.